The van der Waals surface area contributed by atoms with E-state index in [0.717, 1.165) is 16.0 Å². The van der Waals surface area contributed by atoms with Crippen LogP contribution in [0.15, 0.2) is 21.7 Å². The van der Waals surface area contributed by atoms with E-state index in [1.807, 2.05) is 0 Å². The number of aliphatic hydroxyl groups excluding tert-OH is 1. The zero-order valence-corrected chi connectivity index (χ0v) is 8.05. The zero-order valence-electron chi connectivity index (χ0n) is 6.41. The quantitative estimate of drug-likeness (QED) is 0.803. The van der Waals surface area contributed by atoms with Gasteiger partial charge in [0.2, 0.25) is 0 Å². The molecular formula is C7H7F3OS2. The normalized spacial score (nSPS) is 14.5. The van der Waals surface area contributed by atoms with Gasteiger partial charge in [-0.2, -0.15) is 13.2 Å². The molecule has 0 radical (unpaired) electrons. The van der Waals surface area contributed by atoms with Crippen LogP contribution in [0.25, 0.3) is 0 Å². The maximum absolute atomic E-state index is 11.8. The van der Waals surface area contributed by atoms with Crippen LogP contribution in [0.3, 0.4) is 0 Å². The van der Waals surface area contributed by atoms with Gasteiger partial charge in [-0.05, 0) is 11.4 Å². The van der Waals surface area contributed by atoms with Gasteiger partial charge in [-0.1, -0.05) is 6.07 Å². The maximum Gasteiger partial charge on any atom is 0.415 e. The highest BCUT2D eigenvalue weighted by Crippen LogP contribution is 2.28. The summed E-state index contributed by atoms with van der Waals surface area (Å²) in [7, 11) is 0. The van der Waals surface area contributed by atoms with Gasteiger partial charge in [0.1, 0.15) is 0 Å². The lowest BCUT2D eigenvalue weighted by molar-refractivity contribution is -0.195. The zero-order chi connectivity index (χ0) is 9.90. The molecule has 6 heteroatoms. The van der Waals surface area contributed by atoms with Crippen molar-refractivity contribution in [3.63, 3.8) is 0 Å². The van der Waals surface area contributed by atoms with Crippen LogP contribution in [0.4, 0.5) is 13.2 Å². The van der Waals surface area contributed by atoms with Crippen molar-refractivity contribution in [3.8, 4) is 0 Å². The Morgan fingerprint density at radius 2 is 2.23 bits per heavy atom. The third-order valence-electron chi connectivity index (χ3n) is 1.26. The average Bonchev–Trinajstić information content (AvgIpc) is 2.50. The number of thioether (sulfide) groups is 1. The SMILES string of the molecule is OC(CSc1cccs1)C(F)(F)F. The molecule has 1 aromatic rings. The number of alkyl halides is 3. The van der Waals surface area contributed by atoms with Crippen LogP contribution in [-0.2, 0) is 0 Å². The van der Waals surface area contributed by atoms with Gasteiger partial charge in [0.05, 0.1) is 4.21 Å². The smallest absolute Gasteiger partial charge is 0.383 e. The topological polar surface area (TPSA) is 20.2 Å². The Kier molecular flexibility index (Phi) is 3.63. The Balaban J connectivity index is 2.35. The summed E-state index contributed by atoms with van der Waals surface area (Å²) in [5.74, 6) is -0.343. The number of aliphatic hydroxyl groups is 1. The first kappa shape index (κ1) is 10.9. The van der Waals surface area contributed by atoms with Crippen LogP contribution in [0.2, 0.25) is 0 Å². The number of hydrogen-bond acceptors (Lipinski definition) is 3. The first-order chi connectivity index (χ1) is 6.00. The Morgan fingerprint density at radius 1 is 1.54 bits per heavy atom. The molecule has 0 bridgehead atoms. The number of halogens is 3. The van der Waals surface area contributed by atoms with Crippen molar-refractivity contribution in [2.24, 2.45) is 0 Å². The summed E-state index contributed by atoms with van der Waals surface area (Å²) in [6.07, 6.45) is -6.75. The van der Waals surface area contributed by atoms with E-state index < -0.39 is 12.3 Å². The summed E-state index contributed by atoms with van der Waals surface area (Å²) in [6.45, 7) is 0. The largest absolute Gasteiger partial charge is 0.415 e. The van der Waals surface area contributed by atoms with Crippen LogP contribution >= 0.6 is 23.1 Å². The Bertz CT molecular complexity index is 245. The molecule has 0 aliphatic carbocycles. The van der Waals surface area contributed by atoms with Gasteiger partial charge in [-0.3, -0.25) is 0 Å². The molecule has 1 nitrogen and oxygen atoms in total. The molecule has 0 saturated carbocycles. The molecule has 1 unspecified atom stereocenters. The van der Waals surface area contributed by atoms with E-state index in [1.54, 1.807) is 17.5 Å². The molecule has 0 amide bonds. The van der Waals surface area contributed by atoms with E-state index in [0.29, 0.717) is 0 Å². The lowest BCUT2D eigenvalue weighted by atomic mass is 10.4. The highest BCUT2D eigenvalue weighted by atomic mass is 32.2. The molecule has 0 fully saturated rings. The van der Waals surface area contributed by atoms with Gasteiger partial charge in [-0.15, -0.1) is 23.1 Å². The standard InChI is InChI=1S/C7H7F3OS2/c8-7(9,10)5(11)4-13-6-2-1-3-12-6/h1-3,5,11H,4H2. The second kappa shape index (κ2) is 4.34. The van der Waals surface area contributed by atoms with Crippen LogP contribution in [0.1, 0.15) is 0 Å². The Hall–Kier alpha value is -0.200. The Morgan fingerprint density at radius 3 is 2.69 bits per heavy atom. The van der Waals surface area contributed by atoms with Crippen LogP contribution in [0.5, 0.6) is 0 Å². The lowest BCUT2D eigenvalue weighted by Gasteiger charge is -2.12. The minimum absolute atomic E-state index is 0.343. The molecule has 0 spiro atoms. The molecule has 1 atom stereocenters. The second-order valence-corrected chi connectivity index (χ2v) is 4.57. The van der Waals surface area contributed by atoms with Gasteiger partial charge >= 0.3 is 6.18 Å². The summed E-state index contributed by atoms with van der Waals surface area (Å²) >= 11 is 2.37. The van der Waals surface area contributed by atoms with E-state index in [-0.39, 0.29) is 5.75 Å². The fraction of sp³-hybridized carbons (Fsp3) is 0.429. The van der Waals surface area contributed by atoms with E-state index in [2.05, 4.69) is 0 Å². The molecule has 0 aromatic carbocycles. The molecule has 13 heavy (non-hydrogen) atoms. The summed E-state index contributed by atoms with van der Waals surface area (Å²) < 4.78 is 36.2. The van der Waals surface area contributed by atoms with Crippen molar-refractivity contribution >= 4 is 23.1 Å². The van der Waals surface area contributed by atoms with Crippen molar-refractivity contribution in [2.75, 3.05) is 5.75 Å². The third kappa shape index (κ3) is 3.58. The summed E-state index contributed by atoms with van der Waals surface area (Å²) in [4.78, 5) is 0. The summed E-state index contributed by atoms with van der Waals surface area (Å²) in [6, 6.07) is 3.48. The van der Waals surface area contributed by atoms with Crippen molar-refractivity contribution in [3.05, 3.63) is 17.5 Å². The molecule has 1 heterocycles. The monoisotopic (exact) mass is 228 g/mol. The van der Waals surface area contributed by atoms with Crippen molar-refractivity contribution in [2.45, 2.75) is 16.5 Å². The molecule has 74 valence electrons. The fourth-order valence-electron chi connectivity index (χ4n) is 0.601. The average molecular weight is 228 g/mol. The molecule has 0 aliphatic heterocycles. The predicted octanol–water partition coefficient (Wildman–Crippen LogP) is 2.76. The molecule has 0 saturated heterocycles. The maximum atomic E-state index is 11.8. The van der Waals surface area contributed by atoms with Crippen LogP contribution in [-0.4, -0.2) is 23.1 Å². The van der Waals surface area contributed by atoms with Gasteiger partial charge in [0.15, 0.2) is 6.10 Å². The van der Waals surface area contributed by atoms with Gasteiger partial charge < -0.3 is 5.11 Å². The highest BCUT2D eigenvalue weighted by molar-refractivity contribution is 8.01. The Labute approximate surface area is 81.6 Å². The predicted molar refractivity (Wildman–Crippen MR) is 47.1 cm³/mol. The number of rotatable bonds is 3. The van der Waals surface area contributed by atoms with Gasteiger partial charge in [-0.25, -0.2) is 0 Å². The fourth-order valence-corrected chi connectivity index (χ4v) is 2.38. The van der Waals surface area contributed by atoms with Crippen LogP contribution < -0.4 is 0 Å². The van der Waals surface area contributed by atoms with E-state index in [9.17, 15) is 13.2 Å². The van der Waals surface area contributed by atoms with E-state index in [1.165, 1.54) is 11.3 Å². The molecular weight excluding hydrogens is 221 g/mol. The number of hydrogen-bond donors (Lipinski definition) is 1. The minimum atomic E-state index is -4.51. The molecule has 0 aliphatic rings. The lowest BCUT2D eigenvalue weighted by Crippen LogP contribution is -2.30. The second-order valence-electron chi connectivity index (χ2n) is 2.30. The molecule has 1 aromatic heterocycles. The van der Waals surface area contributed by atoms with Crippen molar-refractivity contribution in [1.29, 1.82) is 0 Å². The molecule has 1 rings (SSSR count). The highest BCUT2D eigenvalue weighted by Gasteiger charge is 2.37. The van der Waals surface area contributed by atoms with Crippen LogP contribution in [0, 0.1) is 0 Å². The van der Waals surface area contributed by atoms with E-state index >= 15 is 0 Å². The van der Waals surface area contributed by atoms with Crippen molar-refractivity contribution in [1.82, 2.24) is 0 Å². The van der Waals surface area contributed by atoms with Gasteiger partial charge in [0.25, 0.3) is 0 Å². The molecule has 1 N–H and O–H groups in total. The van der Waals surface area contributed by atoms with Crippen molar-refractivity contribution < 1.29 is 18.3 Å². The number of thiophene rings is 1. The van der Waals surface area contributed by atoms with E-state index in [4.69, 9.17) is 5.11 Å². The summed E-state index contributed by atoms with van der Waals surface area (Å²) in [5, 5.41) is 10.4. The summed E-state index contributed by atoms with van der Waals surface area (Å²) in [5.41, 5.74) is 0. The third-order valence-corrected chi connectivity index (χ3v) is 3.46. The minimum Gasteiger partial charge on any atom is -0.383 e. The first-order valence-corrected chi connectivity index (χ1v) is 5.28. The first-order valence-electron chi connectivity index (χ1n) is 3.41. The van der Waals surface area contributed by atoms with Gasteiger partial charge in [0, 0.05) is 5.75 Å².